The SMILES string of the molecule is Cc1c(C(C)(C)C)cnc2c3cccc4c3n3c(c[n+](C)c3c12)C(C)(C)C4(C)C. The van der Waals surface area contributed by atoms with Crippen LogP contribution < -0.4 is 4.57 Å². The van der Waals surface area contributed by atoms with Crippen molar-refractivity contribution in [2.45, 2.75) is 71.6 Å². The lowest BCUT2D eigenvalue weighted by Crippen LogP contribution is -2.44. The zero-order valence-corrected chi connectivity index (χ0v) is 19.2. The lowest BCUT2D eigenvalue weighted by Gasteiger charge is -2.42. The van der Waals surface area contributed by atoms with Gasteiger partial charge in [-0.25, -0.2) is 4.57 Å². The topological polar surface area (TPSA) is 21.2 Å². The fourth-order valence-electron chi connectivity index (χ4n) is 5.50. The lowest BCUT2D eigenvalue weighted by atomic mass is 9.61. The van der Waals surface area contributed by atoms with Gasteiger partial charge in [-0.05, 0) is 29.5 Å². The third-order valence-corrected chi connectivity index (χ3v) is 7.86. The Hall–Kier alpha value is -2.42. The van der Waals surface area contributed by atoms with Crippen molar-refractivity contribution in [3.8, 4) is 0 Å². The average Bonchev–Trinajstić information content (AvgIpc) is 2.97. The molecule has 0 atom stereocenters. The molecule has 0 spiro atoms. The Balaban J connectivity index is 2.16. The molecular formula is C26H32N3+. The van der Waals surface area contributed by atoms with Crippen molar-refractivity contribution < 1.29 is 4.57 Å². The highest BCUT2D eigenvalue weighted by Crippen LogP contribution is 2.51. The lowest BCUT2D eigenvalue weighted by molar-refractivity contribution is -0.643. The molecule has 4 aromatic rings. The van der Waals surface area contributed by atoms with Crippen molar-refractivity contribution in [3.05, 3.63) is 53.0 Å². The number of imidazole rings is 1. The second-order valence-electron chi connectivity index (χ2n) is 11.0. The first-order valence-corrected chi connectivity index (χ1v) is 10.7. The van der Waals surface area contributed by atoms with Crippen LogP contribution in [0.25, 0.3) is 27.5 Å². The van der Waals surface area contributed by atoms with Gasteiger partial charge in [0.15, 0.2) is 5.69 Å². The summed E-state index contributed by atoms with van der Waals surface area (Å²) in [5, 5.41) is 2.54. The molecule has 0 saturated carbocycles. The first-order chi connectivity index (χ1) is 13.4. The van der Waals surface area contributed by atoms with Crippen LogP contribution in [0, 0.1) is 6.92 Å². The summed E-state index contributed by atoms with van der Waals surface area (Å²) >= 11 is 0. The van der Waals surface area contributed by atoms with Crippen LogP contribution in [0.3, 0.4) is 0 Å². The van der Waals surface area contributed by atoms with Gasteiger partial charge in [-0.2, -0.15) is 4.40 Å². The van der Waals surface area contributed by atoms with E-state index in [0.29, 0.717) is 0 Å². The molecule has 0 saturated heterocycles. The van der Waals surface area contributed by atoms with Crippen LogP contribution >= 0.6 is 0 Å². The standard InChI is InChI=1S/C26H32N3/c1-15-18(24(2,3)4)13-27-21-16-11-10-12-17-22(16)29-19(26(7,8)25(17,5)6)14-28(9)23(29)20(15)21/h10-14H,1-9H3/q+1. The molecule has 0 fully saturated rings. The third-order valence-electron chi connectivity index (χ3n) is 7.86. The molecule has 0 amide bonds. The summed E-state index contributed by atoms with van der Waals surface area (Å²) in [4.78, 5) is 5.06. The number of aromatic nitrogens is 3. The second-order valence-corrected chi connectivity index (χ2v) is 11.0. The number of nitrogens with zero attached hydrogens (tertiary/aromatic N) is 3. The van der Waals surface area contributed by atoms with Gasteiger partial charge < -0.3 is 0 Å². The molecule has 0 aliphatic carbocycles. The smallest absolute Gasteiger partial charge is 0.255 e. The summed E-state index contributed by atoms with van der Waals surface area (Å²) in [7, 11) is 2.18. The normalized spacial score (nSPS) is 17.7. The molecule has 3 aromatic heterocycles. The summed E-state index contributed by atoms with van der Waals surface area (Å²) < 4.78 is 4.84. The summed E-state index contributed by atoms with van der Waals surface area (Å²) in [6, 6.07) is 6.78. The maximum Gasteiger partial charge on any atom is 0.296 e. The predicted octanol–water partition coefficient (Wildman–Crippen LogP) is 5.64. The largest absolute Gasteiger partial charge is 0.296 e. The Morgan fingerprint density at radius 3 is 2.38 bits per heavy atom. The van der Waals surface area contributed by atoms with Gasteiger partial charge >= 0.3 is 0 Å². The van der Waals surface area contributed by atoms with Crippen molar-refractivity contribution in [1.29, 1.82) is 0 Å². The molecule has 1 aliphatic rings. The van der Waals surface area contributed by atoms with E-state index >= 15 is 0 Å². The number of benzene rings is 1. The van der Waals surface area contributed by atoms with Crippen LogP contribution in [0.1, 0.15) is 70.9 Å². The molecule has 0 bridgehead atoms. The highest BCUT2D eigenvalue weighted by atomic mass is 15.1. The molecule has 3 heteroatoms. The van der Waals surface area contributed by atoms with E-state index in [2.05, 4.69) is 102 Å². The fraction of sp³-hybridized carbons (Fsp3) is 0.462. The number of pyridine rings is 2. The Kier molecular flexibility index (Phi) is 3.33. The molecule has 0 unspecified atom stereocenters. The zero-order chi connectivity index (χ0) is 21.1. The molecule has 4 heterocycles. The van der Waals surface area contributed by atoms with Crippen LogP contribution in [-0.2, 0) is 23.3 Å². The number of hydrogen-bond acceptors (Lipinski definition) is 1. The van der Waals surface area contributed by atoms with Gasteiger partial charge in [-0.1, -0.05) is 60.6 Å². The van der Waals surface area contributed by atoms with E-state index in [9.17, 15) is 0 Å². The molecule has 1 aliphatic heterocycles. The molecule has 5 rings (SSSR count). The highest BCUT2D eigenvalue weighted by Gasteiger charge is 2.50. The average molecular weight is 387 g/mol. The van der Waals surface area contributed by atoms with Gasteiger partial charge in [0, 0.05) is 28.0 Å². The first kappa shape index (κ1) is 18.6. The van der Waals surface area contributed by atoms with E-state index in [1.54, 1.807) is 0 Å². The van der Waals surface area contributed by atoms with Gasteiger partial charge in [0.1, 0.15) is 11.7 Å². The maximum absolute atomic E-state index is 5.06. The molecule has 3 nitrogen and oxygen atoms in total. The van der Waals surface area contributed by atoms with Crippen molar-refractivity contribution >= 4 is 27.5 Å². The minimum absolute atomic E-state index is 0.00904. The van der Waals surface area contributed by atoms with Gasteiger partial charge in [0.25, 0.3) is 5.65 Å². The molecule has 150 valence electrons. The molecule has 0 radical (unpaired) electrons. The summed E-state index contributed by atoms with van der Waals surface area (Å²) in [5.41, 5.74) is 9.26. The minimum Gasteiger partial charge on any atom is -0.255 e. The van der Waals surface area contributed by atoms with Crippen molar-refractivity contribution in [3.63, 3.8) is 0 Å². The van der Waals surface area contributed by atoms with Crippen LogP contribution in [0.4, 0.5) is 0 Å². The van der Waals surface area contributed by atoms with Crippen molar-refractivity contribution in [1.82, 2.24) is 9.38 Å². The quantitative estimate of drug-likeness (QED) is 0.283. The number of fused-ring (bicyclic) bond motifs is 3. The zero-order valence-electron chi connectivity index (χ0n) is 19.2. The van der Waals surface area contributed by atoms with E-state index in [-0.39, 0.29) is 16.2 Å². The second kappa shape index (κ2) is 5.19. The fourth-order valence-corrected chi connectivity index (χ4v) is 5.50. The first-order valence-electron chi connectivity index (χ1n) is 10.7. The third kappa shape index (κ3) is 2.04. The molecular weight excluding hydrogens is 354 g/mol. The monoisotopic (exact) mass is 386 g/mol. The van der Waals surface area contributed by atoms with E-state index in [0.717, 1.165) is 5.52 Å². The van der Waals surface area contributed by atoms with Crippen molar-refractivity contribution in [2.24, 2.45) is 7.05 Å². The number of rotatable bonds is 0. The van der Waals surface area contributed by atoms with E-state index < -0.39 is 0 Å². The Morgan fingerprint density at radius 2 is 1.72 bits per heavy atom. The Morgan fingerprint density at radius 1 is 1.03 bits per heavy atom. The van der Waals surface area contributed by atoms with E-state index in [1.165, 1.54) is 44.3 Å². The molecule has 0 N–H and O–H groups in total. The van der Waals surface area contributed by atoms with Crippen LogP contribution in [-0.4, -0.2) is 9.38 Å². The minimum atomic E-state index is 0.00904. The van der Waals surface area contributed by atoms with E-state index in [1.807, 2.05) is 0 Å². The van der Waals surface area contributed by atoms with Gasteiger partial charge in [0.2, 0.25) is 0 Å². The summed E-state index contributed by atoms with van der Waals surface area (Å²) in [5.74, 6) is 0. The summed E-state index contributed by atoms with van der Waals surface area (Å²) in [6.45, 7) is 18.6. The molecule has 29 heavy (non-hydrogen) atoms. The van der Waals surface area contributed by atoms with Crippen LogP contribution in [0.15, 0.2) is 30.6 Å². The highest BCUT2D eigenvalue weighted by molar-refractivity contribution is 6.11. The maximum atomic E-state index is 5.06. The van der Waals surface area contributed by atoms with Gasteiger partial charge in [-0.15, -0.1) is 0 Å². The Bertz CT molecular complexity index is 1340. The van der Waals surface area contributed by atoms with Gasteiger partial charge in [-0.3, -0.25) is 4.98 Å². The number of hydrogen-bond donors (Lipinski definition) is 0. The number of para-hydroxylation sites is 1. The van der Waals surface area contributed by atoms with Crippen molar-refractivity contribution in [2.75, 3.05) is 0 Å². The van der Waals surface area contributed by atoms with E-state index in [4.69, 9.17) is 4.98 Å². The number of aryl methyl sites for hydroxylation is 2. The predicted molar refractivity (Wildman–Crippen MR) is 121 cm³/mol. The Labute approximate surface area is 173 Å². The van der Waals surface area contributed by atoms with Gasteiger partial charge in [0.05, 0.1) is 18.0 Å². The van der Waals surface area contributed by atoms with Crippen LogP contribution in [0.5, 0.6) is 0 Å². The van der Waals surface area contributed by atoms with Crippen LogP contribution in [0.2, 0.25) is 0 Å². The molecule has 1 aromatic carbocycles. The summed E-state index contributed by atoms with van der Waals surface area (Å²) in [6.07, 6.45) is 4.44.